The van der Waals surface area contributed by atoms with Gasteiger partial charge in [-0.15, -0.1) is 0 Å². The second-order valence-corrected chi connectivity index (χ2v) is 4.00. The summed E-state index contributed by atoms with van der Waals surface area (Å²) >= 11 is 0. The van der Waals surface area contributed by atoms with Crippen molar-refractivity contribution in [2.24, 2.45) is 0 Å². The molecule has 0 radical (unpaired) electrons. The topological polar surface area (TPSA) is 71.9 Å². The van der Waals surface area contributed by atoms with Crippen molar-refractivity contribution in [3.8, 4) is 0 Å². The van der Waals surface area contributed by atoms with Crippen LogP contribution < -0.4 is 4.90 Å². The van der Waals surface area contributed by atoms with Crippen LogP contribution in [0, 0.1) is 6.92 Å². The number of carbonyl (C=O) groups is 1. The van der Waals surface area contributed by atoms with Crippen LogP contribution in [0.5, 0.6) is 0 Å². The third kappa shape index (κ3) is 4.18. The molecule has 1 aromatic heterocycles. The number of nitrogens with zero attached hydrogens (tertiary/aromatic N) is 2. The number of pyridine rings is 1. The molecule has 1 N–H and O–H groups in total. The van der Waals surface area contributed by atoms with Crippen molar-refractivity contribution in [2.75, 3.05) is 45.4 Å². The summed E-state index contributed by atoms with van der Waals surface area (Å²) in [4.78, 5) is 17.8. The van der Waals surface area contributed by atoms with Crippen LogP contribution in [-0.2, 0) is 9.47 Å². The predicted octanol–water partition coefficient (Wildman–Crippen LogP) is 0.622. The second-order valence-electron chi connectivity index (χ2n) is 4.00. The highest BCUT2D eigenvalue weighted by atomic mass is 16.5. The van der Waals surface area contributed by atoms with Crippen LogP contribution in [-0.4, -0.2) is 56.6 Å². The average Bonchev–Trinajstić information content (AvgIpc) is 2.42. The molecular weight excluding hydrogens is 248 g/mol. The minimum Gasteiger partial charge on any atom is -0.465 e. The van der Waals surface area contributed by atoms with Crippen LogP contribution in [0.2, 0.25) is 0 Å². The maximum absolute atomic E-state index is 11.5. The average molecular weight is 268 g/mol. The van der Waals surface area contributed by atoms with Gasteiger partial charge in [0.05, 0.1) is 31.6 Å². The largest absolute Gasteiger partial charge is 0.465 e. The summed E-state index contributed by atoms with van der Waals surface area (Å²) in [5.74, 6) is 0.304. The predicted molar refractivity (Wildman–Crippen MR) is 71.5 cm³/mol. The Morgan fingerprint density at radius 1 is 1.37 bits per heavy atom. The summed E-state index contributed by atoms with van der Waals surface area (Å²) in [5, 5.41) is 9.06. The maximum Gasteiger partial charge on any atom is 0.339 e. The van der Waals surface area contributed by atoms with Gasteiger partial charge in [0.25, 0.3) is 0 Å². The van der Waals surface area contributed by atoms with E-state index in [0.29, 0.717) is 36.8 Å². The quantitative estimate of drug-likeness (QED) is 0.731. The molecule has 1 heterocycles. The van der Waals surface area contributed by atoms with Crippen molar-refractivity contribution in [1.29, 1.82) is 0 Å². The number of anilines is 1. The Hall–Kier alpha value is -1.66. The second kappa shape index (κ2) is 7.70. The van der Waals surface area contributed by atoms with Crippen molar-refractivity contribution in [3.05, 3.63) is 23.4 Å². The van der Waals surface area contributed by atoms with Crippen molar-refractivity contribution < 1.29 is 19.4 Å². The number of aliphatic hydroxyl groups is 1. The number of ether oxygens (including phenoxy) is 2. The van der Waals surface area contributed by atoms with Crippen molar-refractivity contribution in [3.63, 3.8) is 0 Å². The molecule has 106 valence electrons. The Labute approximate surface area is 113 Å². The van der Waals surface area contributed by atoms with Crippen LogP contribution in [0.1, 0.15) is 16.1 Å². The number of rotatable bonds is 7. The van der Waals surface area contributed by atoms with E-state index >= 15 is 0 Å². The van der Waals surface area contributed by atoms with Crippen LogP contribution >= 0.6 is 0 Å². The summed E-state index contributed by atoms with van der Waals surface area (Å²) in [6.07, 6.45) is 0. The van der Waals surface area contributed by atoms with Gasteiger partial charge in [0.1, 0.15) is 5.82 Å². The first-order valence-corrected chi connectivity index (χ1v) is 6.04. The highest BCUT2D eigenvalue weighted by molar-refractivity contribution is 5.90. The molecule has 1 aromatic rings. The zero-order valence-electron chi connectivity index (χ0n) is 11.5. The summed E-state index contributed by atoms with van der Waals surface area (Å²) in [6.45, 7) is 3.42. The Morgan fingerprint density at radius 3 is 2.63 bits per heavy atom. The molecule has 0 aliphatic carbocycles. The number of aromatic nitrogens is 1. The molecule has 0 fully saturated rings. The van der Waals surface area contributed by atoms with E-state index in [-0.39, 0.29) is 6.61 Å². The summed E-state index contributed by atoms with van der Waals surface area (Å²) < 4.78 is 9.70. The minimum absolute atomic E-state index is 0.0309. The SMILES string of the molecule is COCCN(CCO)c1ccc(C(=O)OC)c(C)n1. The number of aliphatic hydroxyl groups excluding tert-OH is 1. The van der Waals surface area contributed by atoms with Crippen LogP contribution in [0.25, 0.3) is 0 Å². The lowest BCUT2D eigenvalue weighted by atomic mass is 10.2. The smallest absolute Gasteiger partial charge is 0.339 e. The van der Waals surface area contributed by atoms with Gasteiger partial charge in [-0.25, -0.2) is 9.78 Å². The van der Waals surface area contributed by atoms with Crippen molar-refractivity contribution in [2.45, 2.75) is 6.92 Å². The molecule has 0 aliphatic heterocycles. The number of carbonyl (C=O) groups excluding carboxylic acids is 1. The molecule has 0 spiro atoms. The number of esters is 1. The molecule has 0 saturated heterocycles. The van der Waals surface area contributed by atoms with E-state index in [2.05, 4.69) is 9.72 Å². The van der Waals surface area contributed by atoms with Gasteiger partial charge in [0.15, 0.2) is 0 Å². The molecule has 0 aliphatic rings. The molecular formula is C13H20N2O4. The first-order chi connectivity index (χ1) is 9.13. The third-order valence-corrected chi connectivity index (χ3v) is 2.74. The molecule has 0 amide bonds. The highest BCUT2D eigenvalue weighted by Gasteiger charge is 2.13. The normalized spacial score (nSPS) is 10.3. The van der Waals surface area contributed by atoms with Gasteiger partial charge >= 0.3 is 5.97 Å². The number of aryl methyl sites for hydroxylation is 1. The molecule has 0 atom stereocenters. The summed E-state index contributed by atoms with van der Waals surface area (Å²) in [7, 11) is 2.96. The molecule has 0 aromatic carbocycles. The molecule has 1 rings (SSSR count). The lowest BCUT2D eigenvalue weighted by Gasteiger charge is -2.23. The van der Waals surface area contributed by atoms with E-state index in [0.717, 1.165) is 0 Å². The van der Waals surface area contributed by atoms with Gasteiger partial charge in [-0.2, -0.15) is 0 Å². The van der Waals surface area contributed by atoms with E-state index < -0.39 is 5.97 Å². The maximum atomic E-state index is 11.5. The summed E-state index contributed by atoms with van der Waals surface area (Å²) in [5.41, 5.74) is 1.05. The van der Waals surface area contributed by atoms with Gasteiger partial charge in [-0.3, -0.25) is 0 Å². The molecule has 6 nitrogen and oxygen atoms in total. The minimum atomic E-state index is -0.401. The zero-order valence-corrected chi connectivity index (χ0v) is 11.5. The van der Waals surface area contributed by atoms with Crippen molar-refractivity contribution in [1.82, 2.24) is 4.98 Å². The van der Waals surface area contributed by atoms with Crippen LogP contribution in [0.4, 0.5) is 5.82 Å². The van der Waals surface area contributed by atoms with Gasteiger partial charge in [0.2, 0.25) is 0 Å². The first-order valence-electron chi connectivity index (χ1n) is 6.04. The lowest BCUT2D eigenvalue weighted by molar-refractivity contribution is 0.0599. The lowest BCUT2D eigenvalue weighted by Crippen LogP contribution is -2.31. The number of hydrogen-bond acceptors (Lipinski definition) is 6. The van der Waals surface area contributed by atoms with E-state index in [1.807, 2.05) is 4.90 Å². The molecule has 6 heteroatoms. The molecule has 0 saturated carbocycles. The first kappa shape index (κ1) is 15.4. The molecule has 0 bridgehead atoms. The van der Waals surface area contributed by atoms with Gasteiger partial charge < -0.3 is 19.5 Å². The fraction of sp³-hybridized carbons (Fsp3) is 0.538. The number of methoxy groups -OCH3 is 2. The van der Waals surface area contributed by atoms with Gasteiger partial charge in [-0.05, 0) is 19.1 Å². The van der Waals surface area contributed by atoms with Gasteiger partial charge in [-0.1, -0.05) is 0 Å². The number of hydrogen-bond donors (Lipinski definition) is 1. The molecule has 19 heavy (non-hydrogen) atoms. The monoisotopic (exact) mass is 268 g/mol. The van der Waals surface area contributed by atoms with Crippen LogP contribution in [0.3, 0.4) is 0 Å². The Kier molecular flexibility index (Phi) is 6.24. The highest BCUT2D eigenvalue weighted by Crippen LogP contribution is 2.15. The van der Waals surface area contributed by atoms with Crippen LogP contribution in [0.15, 0.2) is 12.1 Å². The Bertz CT molecular complexity index is 423. The summed E-state index contributed by atoms with van der Waals surface area (Å²) in [6, 6.07) is 3.42. The fourth-order valence-electron chi connectivity index (χ4n) is 1.71. The zero-order chi connectivity index (χ0) is 14.3. The van der Waals surface area contributed by atoms with Crippen molar-refractivity contribution >= 4 is 11.8 Å². The fourth-order valence-corrected chi connectivity index (χ4v) is 1.71. The van der Waals surface area contributed by atoms with Gasteiger partial charge in [0, 0.05) is 20.2 Å². The van der Waals surface area contributed by atoms with E-state index in [9.17, 15) is 4.79 Å². The van der Waals surface area contributed by atoms with E-state index in [1.54, 1.807) is 26.2 Å². The third-order valence-electron chi connectivity index (χ3n) is 2.74. The Morgan fingerprint density at radius 2 is 2.11 bits per heavy atom. The van der Waals surface area contributed by atoms with E-state index in [4.69, 9.17) is 9.84 Å². The Balaban J connectivity index is 2.92. The van der Waals surface area contributed by atoms with E-state index in [1.165, 1.54) is 7.11 Å². The molecule has 0 unspecified atom stereocenters. The standard InChI is InChI=1S/C13H20N2O4/c1-10-11(13(17)19-3)4-5-12(14-10)15(6-8-16)7-9-18-2/h4-5,16H,6-9H2,1-3H3.